The zero-order valence-corrected chi connectivity index (χ0v) is 10.4. The molecule has 0 aliphatic rings. The van der Waals surface area contributed by atoms with Gasteiger partial charge in [0.25, 0.3) is 0 Å². The van der Waals surface area contributed by atoms with Crippen LogP contribution in [0.15, 0.2) is 24.3 Å². The summed E-state index contributed by atoms with van der Waals surface area (Å²) < 4.78 is 0. The first-order valence-corrected chi connectivity index (χ1v) is 5.74. The molecule has 0 spiro atoms. The standard InChI is InChI=1S/C14H17N3/c1-8(2)10-4-5-13-11(7-10)12(14(15)16)6-9(3)17-13/h4-8H,1-3H3,(H3,15,16). The lowest BCUT2D eigenvalue weighted by Crippen LogP contribution is -2.12. The van der Waals surface area contributed by atoms with Crippen LogP contribution in [-0.2, 0) is 0 Å². The highest BCUT2D eigenvalue weighted by Crippen LogP contribution is 2.23. The van der Waals surface area contributed by atoms with Gasteiger partial charge < -0.3 is 5.73 Å². The highest BCUT2D eigenvalue weighted by molar-refractivity contribution is 6.06. The van der Waals surface area contributed by atoms with Crippen LogP contribution in [0.3, 0.4) is 0 Å². The molecule has 3 nitrogen and oxygen atoms in total. The van der Waals surface area contributed by atoms with E-state index >= 15 is 0 Å². The van der Waals surface area contributed by atoms with Crippen LogP contribution in [0.4, 0.5) is 0 Å². The number of aromatic nitrogens is 1. The second-order valence-electron chi connectivity index (χ2n) is 4.66. The molecule has 3 N–H and O–H groups in total. The van der Waals surface area contributed by atoms with Crippen molar-refractivity contribution >= 4 is 16.7 Å². The Balaban J connectivity index is 2.78. The van der Waals surface area contributed by atoms with Gasteiger partial charge in [-0.25, -0.2) is 0 Å². The molecule has 0 bridgehead atoms. The van der Waals surface area contributed by atoms with Crippen molar-refractivity contribution in [3.8, 4) is 0 Å². The predicted octanol–water partition coefficient (Wildman–Crippen LogP) is 2.95. The summed E-state index contributed by atoms with van der Waals surface area (Å²) >= 11 is 0. The van der Waals surface area contributed by atoms with Gasteiger partial charge in [-0.2, -0.15) is 0 Å². The number of nitrogens with zero attached hydrogens (tertiary/aromatic N) is 1. The minimum atomic E-state index is 0.0985. The lowest BCUT2D eigenvalue weighted by Gasteiger charge is -2.10. The molecular weight excluding hydrogens is 210 g/mol. The SMILES string of the molecule is Cc1cc(C(=N)N)c2cc(C(C)C)ccc2n1. The van der Waals surface area contributed by atoms with Crippen molar-refractivity contribution in [2.24, 2.45) is 5.73 Å². The van der Waals surface area contributed by atoms with Gasteiger partial charge in [0.1, 0.15) is 5.84 Å². The molecular formula is C14H17N3. The summed E-state index contributed by atoms with van der Waals surface area (Å²) in [4.78, 5) is 4.47. The Morgan fingerprint density at radius 1 is 1.29 bits per heavy atom. The van der Waals surface area contributed by atoms with Crippen LogP contribution in [0.25, 0.3) is 10.9 Å². The van der Waals surface area contributed by atoms with Crippen molar-refractivity contribution in [2.45, 2.75) is 26.7 Å². The van der Waals surface area contributed by atoms with Crippen molar-refractivity contribution in [2.75, 3.05) is 0 Å². The van der Waals surface area contributed by atoms with Gasteiger partial charge in [0.2, 0.25) is 0 Å². The van der Waals surface area contributed by atoms with Crippen molar-refractivity contribution in [3.05, 3.63) is 41.1 Å². The van der Waals surface area contributed by atoms with Crippen molar-refractivity contribution in [1.29, 1.82) is 5.41 Å². The summed E-state index contributed by atoms with van der Waals surface area (Å²) in [6.07, 6.45) is 0. The number of amidine groups is 1. The molecule has 1 aromatic heterocycles. The quantitative estimate of drug-likeness (QED) is 0.612. The number of pyridine rings is 1. The fourth-order valence-corrected chi connectivity index (χ4v) is 1.96. The number of aryl methyl sites for hydroxylation is 1. The van der Waals surface area contributed by atoms with Crippen LogP contribution in [0.2, 0.25) is 0 Å². The second-order valence-corrected chi connectivity index (χ2v) is 4.66. The van der Waals surface area contributed by atoms with Crippen LogP contribution >= 0.6 is 0 Å². The maximum Gasteiger partial charge on any atom is 0.123 e. The van der Waals surface area contributed by atoms with E-state index in [9.17, 15) is 0 Å². The number of nitrogens with one attached hydrogen (secondary N) is 1. The van der Waals surface area contributed by atoms with E-state index in [2.05, 4.69) is 31.0 Å². The van der Waals surface area contributed by atoms with Crippen LogP contribution in [-0.4, -0.2) is 10.8 Å². The van der Waals surface area contributed by atoms with Gasteiger partial charge in [0.15, 0.2) is 0 Å². The van der Waals surface area contributed by atoms with E-state index < -0.39 is 0 Å². The Morgan fingerprint density at radius 2 is 2.00 bits per heavy atom. The number of nitrogen functional groups attached to an aromatic ring is 1. The topological polar surface area (TPSA) is 62.8 Å². The van der Waals surface area contributed by atoms with E-state index in [0.717, 1.165) is 22.2 Å². The third kappa shape index (κ3) is 2.13. The molecule has 2 aromatic rings. The molecule has 3 heteroatoms. The number of hydrogen-bond donors (Lipinski definition) is 2. The Morgan fingerprint density at radius 3 is 2.59 bits per heavy atom. The molecule has 88 valence electrons. The normalized spacial score (nSPS) is 11.1. The third-order valence-electron chi connectivity index (χ3n) is 2.92. The summed E-state index contributed by atoms with van der Waals surface area (Å²) in [6, 6.07) is 8.05. The molecule has 17 heavy (non-hydrogen) atoms. The molecule has 0 atom stereocenters. The fourth-order valence-electron chi connectivity index (χ4n) is 1.96. The maximum absolute atomic E-state index is 7.64. The Kier molecular flexibility index (Phi) is 2.84. The average molecular weight is 227 g/mol. The molecule has 0 saturated carbocycles. The van der Waals surface area contributed by atoms with Gasteiger partial charge >= 0.3 is 0 Å². The summed E-state index contributed by atoms with van der Waals surface area (Å²) in [5.74, 6) is 0.557. The predicted molar refractivity (Wildman–Crippen MR) is 71.6 cm³/mol. The largest absolute Gasteiger partial charge is 0.384 e. The van der Waals surface area contributed by atoms with Gasteiger partial charge in [-0.15, -0.1) is 0 Å². The molecule has 0 fully saturated rings. The Hall–Kier alpha value is -1.90. The molecule has 0 aliphatic carbocycles. The van der Waals surface area contributed by atoms with Crippen LogP contribution in [0, 0.1) is 12.3 Å². The lowest BCUT2D eigenvalue weighted by atomic mass is 9.98. The second kappa shape index (κ2) is 4.17. The lowest BCUT2D eigenvalue weighted by molar-refractivity contribution is 0.868. The molecule has 0 radical (unpaired) electrons. The van der Waals surface area contributed by atoms with E-state index in [4.69, 9.17) is 11.1 Å². The first-order chi connectivity index (χ1) is 7.99. The number of rotatable bonds is 2. The van der Waals surface area contributed by atoms with Gasteiger partial charge in [0.05, 0.1) is 5.52 Å². The zero-order valence-electron chi connectivity index (χ0n) is 10.4. The smallest absolute Gasteiger partial charge is 0.123 e. The van der Waals surface area contributed by atoms with Gasteiger partial charge in [0, 0.05) is 16.6 Å². The maximum atomic E-state index is 7.64. The number of benzene rings is 1. The average Bonchev–Trinajstić information content (AvgIpc) is 2.26. The molecule has 0 aliphatic heterocycles. The molecule has 2 rings (SSSR count). The molecule has 0 saturated heterocycles. The summed E-state index contributed by atoms with van der Waals surface area (Å²) in [5, 5.41) is 8.61. The minimum Gasteiger partial charge on any atom is -0.384 e. The van der Waals surface area contributed by atoms with Crippen molar-refractivity contribution in [3.63, 3.8) is 0 Å². The van der Waals surface area contributed by atoms with Gasteiger partial charge in [-0.1, -0.05) is 19.9 Å². The Labute approximate surface area is 101 Å². The first kappa shape index (κ1) is 11.6. The van der Waals surface area contributed by atoms with E-state index in [1.165, 1.54) is 5.56 Å². The van der Waals surface area contributed by atoms with E-state index in [1.54, 1.807) is 0 Å². The van der Waals surface area contributed by atoms with Gasteiger partial charge in [-0.05, 0) is 36.6 Å². The summed E-state index contributed by atoms with van der Waals surface area (Å²) in [6.45, 7) is 6.22. The summed E-state index contributed by atoms with van der Waals surface area (Å²) in [5.41, 5.74) is 9.44. The molecule has 1 heterocycles. The van der Waals surface area contributed by atoms with E-state index in [1.807, 2.05) is 19.1 Å². The number of hydrogen-bond acceptors (Lipinski definition) is 2. The highest BCUT2D eigenvalue weighted by atomic mass is 14.7. The monoisotopic (exact) mass is 227 g/mol. The first-order valence-electron chi connectivity index (χ1n) is 5.74. The minimum absolute atomic E-state index is 0.0985. The zero-order chi connectivity index (χ0) is 12.6. The van der Waals surface area contributed by atoms with Crippen LogP contribution in [0.1, 0.15) is 36.6 Å². The van der Waals surface area contributed by atoms with E-state index in [-0.39, 0.29) is 5.84 Å². The fraction of sp³-hybridized carbons (Fsp3) is 0.286. The molecule has 1 aromatic carbocycles. The van der Waals surface area contributed by atoms with Crippen LogP contribution < -0.4 is 5.73 Å². The van der Waals surface area contributed by atoms with Crippen molar-refractivity contribution in [1.82, 2.24) is 4.98 Å². The van der Waals surface area contributed by atoms with Crippen molar-refractivity contribution < 1.29 is 0 Å². The summed E-state index contributed by atoms with van der Waals surface area (Å²) in [7, 11) is 0. The third-order valence-corrected chi connectivity index (χ3v) is 2.92. The number of fused-ring (bicyclic) bond motifs is 1. The van der Waals surface area contributed by atoms with Crippen LogP contribution in [0.5, 0.6) is 0 Å². The molecule has 0 unspecified atom stereocenters. The molecule has 0 amide bonds. The van der Waals surface area contributed by atoms with Gasteiger partial charge in [-0.3, -0.25) is 10.4 Å². The highest BCUT2D eigenvalue weighted by Gasteiger charge is 2.08. The van der Waals surface area contributed by atoms with E-state index in [0.29, 0.717) is 5.92 Å². The Bertz CT molecular complexity index is 585. The number of nitrogens with two attached hydrogens (primary N) is 1.